The molecule has 0 unspecified atom stereocenters. The Morgan fingerprint density at radius 1 is 1.50 bits per heavy atom. The Labute approximate surface area is 108 Å². The summed E-state index contributed by atoms with van der Waals surface area (Å²) in [6.07, 6.45) is 2.01. The van der Waals surface area contributed by atoms with Crippen LogP contribution < -0.4 is 0 Å². The Morgan fingerprint density at radius 2 is 2.33 bits per heavy atom. The predicted octanol–water partition coefficient (Wildman–Crippen LogP) is 3.05. The molecule has 0 amide bonds. The van der Waals surface area contributed by atoms with E-state index < -0.39 is 0 Å². The number of thiazole rings is 1. The van der Waals surface area contributed by atoms with Crippen molar-refractivity contribution in [3.8, 4) is 0 Å². The predicted molar refractivity (Wildman–Crippen MR) is 67.3 cm³/mol. The monoisotopic (exact) mass is 265 g/mol. The Kier molecular flexibility index (Phi) is 4.04. The van der Waals surface area contributed by atoms with Crippen LogP contribution in [0.5, 0.6) is 0 Å². The van der Waals surface area contributed by atoms with Gasteiger partial charge < -0.3 is 4.74 Å². The maximum absolute atomic E-state index is 13.0. The third kappa shape index (κ3) is 3.13. The number of esters is 1. The average Bonchev–Trinajstić information content (AvgIpc) is 2.78. The zero-order valence-corrected chi connectivity index (χ0v) is 10.7. The molecule has 5 heteroatoms. The number of aromatic nitrogens is 1. The fourth-order valence-electron chi connectivity index (χ4n) is 1.51. The van der Waals surface area contributed by atoms with E-state index in [9.17, 15) is 9.18 Å². The first-order chi connectivity index (χ1) is 8.69. The van der Waals surface area contributed by atoms with Gasteiger partial charge in [-0.1, -0.05) is 12.1 Å². The summed E-state index contributed by atoms with van der Waals surface area (Å²) >= 11 is 1.27. The molecule has 0 aliphatic carbocycles. The van der Waals surface area contributed by atoms with Crippen molar-refractivity contribution in [1.82, 2.24) is 4.98 Å². The minimum atomic E-state index is -0.361. The lowest BCUT2D eigenvalue weighted by Crippen LogP contribution is -2.01. The standard InChI is InChI=1S/C13H12FNO2S/c1-2-17-13(16)11-8-15-12(18-11)7-9-4-3-5-10(14)6-9/h3-6,8H,2,7H2,1H3. The van der Waals surface area contributed by atoms with E-state index >= 15 is 0 Å². The van der Waals surface area contributed by atoms with Gasteiger partial charge in [0.05, 0.1) is 17.8 Å². The molecule has 3 nitrogen and oxygen atoms in total. The van der Waals surface area contributed by atoms with Crippen molar-refractivity contribution in [1.29, 1.82) is 0 Å². The molecule has 94 valence electrons. The van der Waals surface area contributed by atoms with Crippen LogP contribution in [0, 0.1) is 5.82 Å². The number of nitrogens with zero attached hydrogens (tertiary/aromatic N) is 1. The molecule has 2 aromatic rings. The van der Waals surface area contributed by atoms with Crippen LogP contribution in [0.1, 0.15) is 27.2 Å². The summed E-state index contributed by atoms with van der Waals surface area (Å²) in [5.41, 5.74) is 0.833. The van der Waals surface area contributed by atoms with Crippen molar-refractivity contribution in [2.24, 2.45) is 0 Å². The number of hydrogen-bond acceptors (Lipinski definition) is 4. The third-order valence-electron chi connectivity index (χ3n) is 2.27. The Bertz CT molecular complexity index is 553. The lowest BCUT2D eigenvalue weighted by Gasteiger charge is -1.98. The zero-order valence-electron chi connectivity index (χ0n) is 9.85. The minimum absolute atomic E-state index is 0.269. The number of hydrogen-bond donors (Lipinski definition) is 0. The first-order valence-corrected chi connectivity index (χ1v) is 6.37. The lowest BCUT2D eigenvalue weighted by atomic mass is 10.1. The first kappa shape index (κ1) is 12.7. The van der Waals surface area contributed by atoms with E-state index in [0.29, 0.717) is 17.9 Å². The largest absolute Gasteiger partial charge is 0.462 e. The second kappa shape index (κ2) is 5.73. The van der Waals surface area contributed by atoms with Crippen molar-refractivity contribution < 1.29 is 13.9 Å². The number of carbonyl (C=O) groups excluding carboxylic acids is 1. The highest BCUT2D eigenvalue weighted by Gasteiger charge is 2.11. The van der Waals surface area contributed by atoms with Crippen LogP contribution in [0.15, 0.2) is 30.5 Å². The highest BCUT2D eigenvalue weighted by molar-refractivity contribution is 7.13. The average molecular weight is 265 g/mol. The minimum Gasteiger partial charge on any atom is -0.462 e. The molecule has 1 heterocycles. The second-order valence-corrected chi connectivity index (χ2v) is 4.76. The molecule has 2 rings (SSSR count). The van der Waals surface area contributed by atoms with Crippen LogP contribution in [0.3, 0.4) is 0 Å². The molecule has 18 heavy (non-hydrogen) atoms. The summed E-state index contributed by atoms with van der Waals surface area (Å²) in [7, 11) is 0. The summed E-state index contributed by atoms with van der Waals surface area (Å²) in [4.78, 5) is 16.1. The number of halogens is 1. The van der Waals surface area contributed by atoms with Crippen molar-refractivity contribution in [2.75, 3.05) is 6.61 Å². The van der Waals surface area contributed by atoms with Gasteiger partial charge in [-0.25, -0.2) is 14.2 Å². The van der Waals surface area contributed by atoms with Gasteiger partial charge in [0.15, 0.2) is 0 Å². The lowest BCUT2D eigenvalue weighted by molar-refractivity contribution is 0.0532. The molecule has 0 spiro atoms. The van der Waals surface area contributed by atoms with E-state index in [1.165, 1.54) is 29.7 Å². The van der Waals surface area contributed by atoms with E-state index in [4.69, 9.17) is 4.74 Å². The van der Waals surface area contributed by atoms with Gasteiger partial charge in [0.2, 0.25) is 0 Å². The normalized spacial score (nSPS) is 10.3. The number of rotatable bonds is 4. The molecular formula is C13H12FNO2S. The van der Waals surface area contributed by atoms with Gasteiger partial charge in [0.25, 0.3) is 0 Å². The summed E-state index contributed by atoms with van der Waals surface area (Å²) in [6.45, 7) is 2.10. The van der Waals surface area contributed by atoms with Gasteiger partial charge in [-0.05, 0) is 24.6 Å². The highest BCUT2D eigenvalue weighted by atomic mass is 32.1. The molecule has 0 fully saturated rings. The summed E-state index contributed by atoms with van der Waals surface area (Å²) in [6, 6.07) is 6.35. The van der Waals surface area contributed by atoms with Crippen molar-refractivity contribution in [3.63, 3.8) is 0 Å². The van der Waals surface area contributed by atoms with Gasteiger partial charge in [0, 0.05) is 6.42 Å². The molecule has 1 aromatic carbocycles. The van der Waals surface area contributed by atoms with E-state index in [2.05, 4.69) is 4.98 Å². The van der Waals surface area contributed by atoms with Gasteiger partial charge >= 0.3 is 5.97 Å². The van der Waals surface area contributed by atoms with Crippen molar-refractivity contribution in [2.45, 2.75) is 13.3 Å². The van der Waals surface area contributed by atoms with Crippen LogP contribution in [-0.2, 0) is 11.2 Å². The maximum Gasteiger partial charge on any atom is 0.349 e. The molecule has 0 aliphatic rings. The van der Waals surface area contributed by atoms with Crippen LogP contribution in [0.2, 0.25) is 0 Å². The molecule has 0 bridgehead atoms. The fourth-order valence-corrected chi connectivity index (χ4v) is 2.36. The smallest absolute Gasteiger partial charge is 0.349 e. The Morgan fingerprint density at radius 3 is 3.06 bits per heavy atom. The quantitative estimate of drug-likeness (QED) is 0.798. The van der Waals surface area contributed by atoms with Gasteiger partial charge in [-0.15, -0.1) is 11.3 Å². The summed E-state index contributed by atoms with van der Waals surface area (Å²) < 4.78 is 17.9. The van der Waals surface area contributed by atoms with E-state index in [0.717, 1.165) is 10.6 Å². The van der Waals surface area contributed by atoms with E-state index in [-0.39, 0.29) is 11.8 Å². The molecular weight excluding hydrogens is 253 g/mol. The topological polar surface area (TPSA) is 39.2 Å². The first-order valence-electron chi connectivity index (χ1n) is 5.55. The zero-order chi connectivity index (χ0) is 13.0. The summed E-state index contributed by atoms with van der Waals surface area (Å²) in [5, 5.41) is 0.767. The van der Waals surface area contributed by atoms with E-state index in [1.807, 2.05) is 6.07 Å². The van der Waals surface area contributed by atoms with Gasteiger partial charge in [0.1, 0.15) is 10.7 Å². The molecule has 0 N–H and O–H groups in total. The van der Waals surface area contributed by atoms with Crippen molar-refractivity contribution >= 4 is 17.3 Å². The van der Waals surface area contributed by atoms with Crippen LogP contribution in [0.4, 0.5) is 4.39 Å². The number of carbonyl (C=O) groups is 1. The van der Waals surface area contributed by atoms with Gasteiger partial charge in [-0.2, -0.15) is 0 Å². The van der Waals surface area contributed by atoms with Crippen LogP contribution in [0.25, 0.3) is 0 Å². The van der Waals surface area contributed by atoms with Crippen molar-refractivity contribution in [3.05, 3.63) is 51.7 Å². The summed E-state index contributed by atoms with van der Waals surface area (Å²) in [5.74, 6) is -0.629. The number of benzene rings is 1. The molecule has 0 atom stereocenters. The molecule has 0 radical (unpaired) electrons. The maximum atomic E-state index is 13.0. The fraction of sp³-hybridized carbons (Fsp3) is 0.231. The molecule has 0 saturated carbocycles. The Balaban J connectivity index is 2.09. The highest BCUT2D eigenvalue weighted by Crippen LogP contribution is 2.18. The Hall–Kier alpha value is -1.75. The third-order valence-corrected chi connectivity index (χ3v) is 3.25. The SMILES string of the molecule is CCOC(=O)c1cnc(Cc2cccc(F)c2)s1. The second-order valence-electron chi connectivity index (χ2n) is 3.65. The van der Waals surface area contributed by atoms with Crippen LogP contribution in [-0.4, -0.2) is 17.6 Å². The van der Waals surface area contributed by atoms with Gasteiger partial charge in [-0.3, -0.25) is 0 Å². The number of ether oxygens (including phenoxy) is 1. The molecule has 1 aromatic heterocycles. The van der Waals surface area contributed by atoms with E-state index in [1.54, 1.807) is 13.0 Å². The molecule has 0 saturated heterocycles. The van der Waals surface area contributed by atoms with Crippen LogP contribution >= 0.6 is 11.3 Å². The molecule has 0 aliphatic heterocycles.